The standard InChI is InChI=1S/C77H128O6/c1-4-7-10-13-16-19-22-25-28-31-34-37-38-41-43-46-49-52-55-58-61-64-67-70-76(79)82-73-74(83-77(80)71-68-65-62-59-56-53-50-47-44-40-36-33-30-27-24-21-18-15-12-9-6-3)72-81-75(78)69-66-63-60-57-54-51-48-45-42-39-35-32-29-26-23-20-17-14-11-8-5-2/h9,12,18,21-23,25-27,30-32,34-36,40,42,45,47,50,56,59,74H,4-8,10-11,13-17,19-20,24,28-29,33,37-39,41,43-44,46,48-49,51-55,57-58,60-73H2,1-3H3/b12-9-,21-18-,25-22-,26-23-,30-27-,34-31-,35-32-,40-36-,45-42-,50-47-,59-56-. The topological polar surface area (TPSA) is 78.9 Å². The molecule has 0 rings (SSSR count). The first-order valence-electron chi connectivity index (χ1n) is 34.7. The minimum atomic E-state index is -0.815. The van der Waals surface area contributed by atoms with Gasteiger partial charge >= 0.3 is 17.9 Å². The van der Waals surface area contributed by atoms with E-state index in [1.54, 1.807) is 0 Å². The van der Waals surface area contributed by atoms with E-state index in [4.69, 9.17) is 14.2 Å². The van der Waals surface area contributed by atoms with Crippen molar-refractivity contribution in [3.05, 3.63) is 134 Å². The van der Waals surface area contributed by atoms with E-state index in [0.29, 0.717) is 19.3 Å². The van der Waals surface area contributed by atoms with Crippen molar-refractivity contribution < 1.29 is 28.6 Å². The predicted molar refractivity (Wildman–Crippen MR) is 362 cm³/mol. The summed E-state index contributed by atoms with van der Waals surface area (Å²) in [4.78, 5) is 38.5. The van der Waals surface area contributed by atoms with Crippen molar-refractivity contribution in [1.82, 2.24) is 0 Å². The van der Waals surface area contributed by atoms with Crippen LogP contribution in [0.4, 0.5) is 0 Å². The molecule has 6 nitrogen and oxygen atoms in total. The third-order valence-corrected chi connectivity index (χ3v) is 14.6. The summed E-state index contributed by atoms with van der Waals surface area (Å²) in [5, 5.41) is 0. The van der Waals surface area contributed by atoms with Gasteiger partial charge in [-0.15, -0.1) is 0 Å². The molecular weight excluding hydrogens is 1020 g/mol. The van der Waals surface area contributed by atoms with Gasteiger partial charge in [0, 0.05) is 19.3 Å². The number of carbonyl (C=O) groups is 3. The Morgan fingerprint density at radius 2 is 0.470 bits per heavy atom. The second-order valence-corrected chi connectivity index (χ2v) is 22.7. The lowest BCUT2D eigenvalue weighted by Gasteiger charge is -2.18. The van der Waals surface area contributed by atoms with E-state index in [9.17, 15) is 14.4 Å². The van der Waals surface area contributed by atoms with E-state index in [0.717, 1.165) is 122 Å². The summed E-state index contributed by atoms with van der Waals surface area (Å²) >= 11 is 0. The first kappa shape index (κ1) is 78.5. The zero-order valence-electron chi connectivity index (χ0n) is 54.2. The Labute approximate surface area is 513 Å². The van der Waals surface area contributed by atoms with Crippen LogP contribution in [0.1, 0.15) is 316 Å². The lowest BCUT2D eigenvalue weighted by molar-refractivity contribution is -0.167. The molecule has 0 aliphatic carbocycles. The van der Waals surface area contributed by atoms with Crippen LogP contribution in [0.15, 0.2) is 134 Å². The van der Waals surface area contributed by atoms with Gasteiger partial charge in [0.15, 0.2) is 6.10 Å². The highest BCUT2D eigenvalue weighted by Gasteiger charge is 2.19. The van der Waals surface area contributed by atoms with E-state index >= 15 is 0 Å². The molecule has 83 heavy (non-hydrogen) atoms. The Kier molecular flexibility index (Phi) is 66.3. The summed E-state index contributed by atoms with van der Waals surface area (Å²) in [7, 11) is 0. The molecule has 0 N–H and O–H groups in total. The van der Waals surface area contributed by atoms with Gasteiger partial charge < -0.3 is 14.2 Å². The zero-order chi connectivity index (χ0) is 59.9. The Morgan fingerprint density at radius 1 is 0.253 bits per heavy atom. The predicted octanol–water partition coefficient (Wildman–Crippen LogP) is 24.1. The number of unbranched alkanes of at least 4 members (excludes halogenated alkanes) is 29. The van der Waals surface area contributed by atoms with Crippen molar-refractivity contribution in [1.29, 1.82) is 0 Å². The Morgan fingerprint density at radius 3 is 0.759 bits per heavy atom. The number of allylic oxidation sites excluding steroid dienone is 22. The number of esters is 3. The third kappa shape index (κ3) is 68.2. The number of hydrogen-bond donors (Lipinski definition) is 0. The fraction of sp³-hybridized carbons (Fsp3) is 0.675. The van der Waals surface area contributed by atoms with E-state index < -0.39 is 6.10 Å². The van der Waals surface area contributed by atoms with Crippen molar-refractivity contribution in [3.63, 3.8) is 0 Å². The van der Waals surface area contributed by atoms with E-state index in [1.165, 1.54) is 148 Å². The van der Waals surface area contributed by atoms with Crippen LogP contribution in [0, 0.1) is 0 Å². The van der Waals surface area contributed by atoms with Crippen LogP contribution in [0.2, 0.25) is 0 Å². The summed E-state index contributed by atoms with van der Waals surface area (Å²) in [6, 6.07) is 0. The van der Waals surface area contributed by atoms with Gasteiger partial charge in [-0.3, -0.25) is 14.4 Å². The summed E-state index contributed by atoms with van der Waals surface area (Å²) in [5.41, 5.74) is 0. The molecule has 0 bridgehead atoms. The molecule has 0 aliphatic rings. The number of rotatable bonds is 62. The first-order valence-corrected chi connectivity index (χ1v) is 34.7. The lowest BCUT2D eigenvalue weighted by atomic mass is 10.0. The summed E-state index contributed by atoms with van der Waals surface area (Å²) < 4.78 is 16.9. The second kappa shape index (κ2) is 70.0. The largest absolute Gasteiger partial charge is 0.462 e. The van der Waals surface area contributed by atoms with Gasteiger partial charge in [0.05, 0.1) is 0 Å². The molecule has 0 amide bonds. The fourth-order valence-corrected chi connectivity index (χ4v) is 9.43. The highest BCUT2D eigenvalue weighted by Crippen LogP contribution is 2.15. The van der Waals surface area contributed by atoms with E-state index in [-0.39, 0.29) is 37.5 Å². The number of ether oxygens (including phenoxy) is 3. The van der Waals surface area contributed by atoms with Gasteiger partial charge in [0.1, 0.15) is 13.2 Å². The molecule has 0 aromatic carbocycles. The van der Waals surface area contributed by atoms with Crippen LogP contribution in [0.25, 0.3) is 0 Å². The average molecular weight is 1150 g/mol. The molecule has 472 valence electrons. The second-order valence-electron chi connectivity index (χ2n) is 22.7. The molecule has 1 unspecified atom stereocenters. The van der Waals surface area contributed by atoms with Gasteiger partial charge in [-0.2, -0.15) is 0 Å². The average Bonchev–Trinajstić information content (AvgIpc) is 3.49. The first-order chi connectivity index (χ1) is 41.0. The molecule has 0 aromatic heterocycles. The highest BCUT2D eigenvalue weighted by molar-refractivity contribution is 5.71. The Hall–Kier alpha value is -4.45. The van der Waals surface area contributed by atoms with Crippen LogP contribution in [-0.4, -0.2) is 37.2 Å². The molecule has 1 atom stereocenters. The quantitative estimate of drug-likeness (QED) is 0.0261. The molecule has 0 fully saturated rings. The van der Waals surface area contributed by atoms with Crippen LogP contribution in [-0.2, 0) is 28.6 Å². The van der Waals surface area contributed by atoms with Gasteiger partial charge in [-0.25, -0.2) is 0 Å². The van der Waals surface area contributed by atoms with Crippen molar-refractivity contribution >= 4 is 17.9 Å². The molecule has 6 heteroatoms. The summed E-state index contributed by atoms with van der Waals surface area (Å²) in [6.45, 7) is 6.48. The smallest absolute Gasteiger partial charge is 0.306 e. The van der Waals surface area contributed by atoms with E-state index in [2.05, 4.69) is 154 Å². The number of hydrogen-bond acceptors (Lipinski definition) is 6. The molecule has 0 aromatic rings. The molecule has 0 saturated heterocycles. The molecule has 0 aliphatic heterocycles. The van der Waals surface area contributed by atoms with Crippen molar-refractivity contribution in [2.24, 2.45) is 0 Å². The van der Waals surface area contributed by atoms with Crippen LogP contribution in [0.5, 0.6) is 0 Å². The molecule has 0 radical (unpaired) electrons. The maximum absolute atomic E-state index is 12.9. The molecule has 0 spiro atoms. The van der Waals surface area contributed by atoms with Crippen molar-refractivity contribution in [2.45, 2.75) is 322 Å². The minimum Gasteiger partial charge on any atom is -0.462 e. The fourth-order valence-electron chi connectivity index (χ4n) is 9.43. The Balaban J connectivity index is 4.50. The third-order valence-electron chi connectivity index (χ3n) is 14.6. The molecular formula is C77H128O6. The van der Waals surface area contributed by atoms with Gasteiger partial charge in [0.25, 0.3) is 0 Å². The summed E-state index contributed by atoms with van der Waals surface area (Å²) in [6.07, 6.45) is 98.9. The van der Waals surface area contributed by atoms with Gasteiger partial charge in [-0.05, 0) is 141 Å². The maximum Gasteiger partial charge on any atom is 0.306 e. The van der Waals surface area contributed by atoms with Gasteiger partial charge in [0.2, 0.25) is 0 Å². The SMILES string of the molecule is CC/C=C\C/C=C\C/C=C\C/C=C\C/C=C\C/C=C\CCCCC(=O)OC(COC(=O)CCCCCCCC/C=C\C/C=C\C/C=C\CCCCCCC)COC(=O)CCCCCCCCCCCCC/C=C\C/C=C\CCCCCCC. The monoisotopic (exact) mass is 1150 g/mol. The van der Waals surface area contributed by atoms with Crippen molar-refractivity contribution in [2.75, 3.05) is 13.2 Å². The van der Waals surface area contributed by atoms with Crippen molar-refractivity contribution in [3.8, 4) is 0 Å². The minimum absolute atomic E-state index is 0.104. The van der Waals surface area contributed by atoms with E-state index in [1.807, 2.05) is 0 Å². The normalized spacial score (nSPS) is 13.0. The Bertz CT molecular complexity index is 1750. The van der Waals surface area contributed by atoms with Crippen LogP contribution in [0.3, 0.4) is 0 Å². The van der Waals surface area contributed by atoms with Crippen LogP contribution >= 0.6 is 0 Å². The zero-order valence-corrected chi connectivity index (χ0v) is 54.2. The number of carbonyl (C=O) groups excluding carboxylic acids is 3. The van der Waals surface area contributed by atoms with Crippen LogP contribution < -0.4 is 0 Å². The lowest BCUT2D eigenvalue weighted by Crippen LogP contribution is -2.30. The molecule has 0 saturated carbocycles. The van der Waals surface area contributed by atoms with Gasteiger partial charge in [-0.1, -0.05) is 289 Å². The maximum atomic E-state index is 12.9. The highest BCUT2D eigenvalue weighted by atomic mass is 16.6. The molecule has 0 heterocycles. The summed E-state index contributed by atoms with van der Waals surface area (Å²) in [5.74, 6) is -0.956.